The van der Waals surface area contributed by atoms with Crippen LogP contribution in [0.3, 0.4) is 0 Å². The highest BCUT2D eigenvalue weighted by atomic mass is 32.2. The Bertz CT molecular complexity index is 403. The first-order valence-electron chi connectivity index (χ1n) is 4.59. The number of carbonyl (C=O) groups excluding carboxylic acids is 1. The molecule has 0 fully saturated rings. The summed E-state index contributed by atoms with van der Waals surface area (Å²) in [5.74, 6) is -1.44. The Morgan fingerprint density at radius 2 is 1.94 bits per heavy atom. The Balaban J connectivity index is 0.000000354. The third-order valence-electron chi connectivity index (χ3n) is 1.35. The molecule has 0 bridgehead atoms. The summed E-state index contributed by atoms with van der Waals surface area (Å²) >= 11 is 0. The van der Waals surface area contributed by atoms with Gasteiger partial charge in [-0.25, -0.2) is 18.2 Å². The highest BCUT2D eigenvalue weighted by molar-refractivity contribution is 7.85. The van der Waals surface area contributed by atoms with Crippen LogP contribution in [-0.4, -0.2) is 31.3 Å². The van der Waals surface area contributed by atoms with Crippen molar-refractivity contribution in [1.82, 2.24) is 0 Å². The molecule has 1 aromatic heterocycles. The second-order valence-electron chi connectivity index (χ2n) is 2.71. The number of H-pyrrole nitrogens is 1. The predicted molar refractivity (Wildman–Crippen MR) is 58.7 cm³/mol. The van der Waals surface area contributed by atoms with Gasteiger partial charge in [0, 0.05) is 18.2 Å². The minimum Gasteiger partial charge on any atom is -0.748 e. The fourth-order valence-electron chi connectivity index (χ4n) is 0.645. The lowest BCUT2D eigenvalue weighted by molar-refractivity contribution is -0.377. The molecule has 17 heavy (non-hydrogen) atoms. The van der Waals surface area contributed by atoms with Crippen molar-refractivity contribution in [2.75, 3.05) is 12.4 Å². The highest BCUT2D eigenvalue weighted by Crippen LogP contribution is 1.84. The molecule has 0 atom stereocenters. The molecule has 1 rings (SSSR count). The Kier molecular flexibility index (Phi) is 7.57. The molecule has 0 amide bonds. The Hall–Kier alpha value is -1.73. The van der Waals surface area contributed by atoms with Crippen molar-refractivity contribution in [3.8, 4) is 0 Å². The van der Waals surface area contributed by atoms with Gasteiger partial charge in [0.15, 0.2) is 12.4 Å². The lowest BCUT2D eigenvalue weighted by Gasteiger charge is -2.05. The van der Waals surface area contributed by atoms with Gasteiger partial charge in [-0.05, 0) is 0 Å². The minimum absolute atomic E-state index is 0.420. The van der Waals surface area contributed by atoms with Crippen LogP contribution in [0.15, 0.2) is 43.2 Å². The number of aromatic nitrogens is 1. The predicted octanol–water partition coefficient (Wildman–Crippen LogP) is -0.239. The van der Waals surface area contributed by atoms with Crippen molar-refractivity contribution in [2.45, 2.75) is 0 Å². The monoisotopic (exact) mass is 259 g/mol. The molecule has 0 aliphatic carbocycles. The largest absolute Gasteiger partial charge is 0.748 e. The number of hydrogen-bond acceptors (Lipinski definition) is 5. The van der Waals surface area contributed by atoms with E-state index in [0.29, 0.717) is 0 Å². The topological polar surface area (TPSA) is 97.6 Å². The van der Waals surface area contributed by atoms with Gasteiger partial charge in [0.25, 0.3) is 0 Å². The van der Waals surface area contributed by atoms with Crippen molar-refractivity contribution in [1.29, 1.82) is 0 Å². The van der Waals surface area contributed by atoms with Crippen LogP contribution in [0.2, 0.25) is 0 Å². The van der Waals surface area contributed by atoms with E-state index in [9.17, 15) is 17.8 Å². The second kappa shape index (κ2) is 8.43. The summed E-state index contributed by atoms with van der Waals surface area (Å²) in [4.78, 5) is 13.2. The van der Waals surface area contributed by atoms with E-state index in [2.05, 4.69) is 16.3 Å². The van der Waals surface area contributed by atoms with Gasteiger partial charge in [-0.3, -0.25) is 0 Å². The molecule has 1 heterocycles. The zero-order valence-corrected chi connectivity index (χ0v) is 9.85. The van der Waals surface area contributed by atoms with E-state index in [4.69, 9.17) is 0 Å². The number of hydrogen-bond donors (Lipinski definition) is 0. The Labute approximate surface area is 99.7 Å². The molecule has 0 aliphatic heterocycles. The number of rotatable bonds is 4. The van der Waals surface area contributed by atoms with E-state index in [-0.39, 0.29) is 0 Å². The van der Waals surface area contributed by atoms with Gasteiger partial charge in [0.2, 0.25) is 0 Å². The van der Waals surface area contributed by atoms with E-state index >= 15 is 0 Å². The number of ether oxygens (including phenoxy) is 1. The molecule has 94 valence electrons. The van der Waals surface area contributed by atoms with Crippen molar-refractivity contribution in [3.63, 3.8) is 0 Å². The maximum absolute atomic E-state index is 10.3. The normalized spacial score (nSPS) is 9.71. The number of esters is 1. The molecule has 7 heteroatoms. The van der Waals surface area contributed by atoms with Gasteiger partial charge in [0.05, 0.1) is 15.9 Å². The van der Waals surface area contributed by atoms with Crippen LogP contribution >= 0.6 is 0 Å². The first-order valence-corrected chi connectivity index (χ1v) is 6.17. The summed E-state index contributed by atoms with van der Waals surface area (Å²) in [6.45, 7) is 2.65. The van der Waals surface area contributed by atoms with Gasteiger partial charge in [-0.1, -0.05) is 12.6 Å². The summed E-state index contributed by atoms with van der Waals surface area (Å²) in [5.41, 5.74) is 0. The molecule has 0 spiro atoms. The highest BCUT2D eigenvalue weighted by Gasteiger charge is 1.98. The quantitative estimate of drug-likeness (QED) is 0.422. The maximum atomic E-state index is 10.3. The van der Waals surface area contributed by atoms with Gasteiger partial charge >= 0.3 is 5.97 Å². The minimum atomic E-state index is -4.29. The third-order valence-corrected chi connectivity index (χ3v) is 2.02. The van der Waals surface area contributed by atoms with Crippen LogP contribution in [0.1, 0.15) is 0 Å². The van der Waals surface area contributed by atoms with Gasteiger partial charge in [-0.2, -0.15) is 0 Å². The summed E-state index contributed by atoms with van der Waals surface area (Å²) in [5, 5.41) is 0. The molecule has 6 nitrogen and oxygen atoms in total. The number of carbonyl (C=O) groups is 1. The first-order chi connectivity index (χ1) is 7.95. The zero-order valence-electron chi connectivity index (χ0n) is 9.03. The van der Waals surface area contributed by atoms with Crippen molar-refractivity contribution in [3.05, 3.63) is 43.2 Å². The smallest absolute Gasteiger partial charge is 0.330 e. The van der Waals surface area contributed by atoms with Gasteiger partial charge in [0.1, 0.15) is 6.61 Å². The molecule has 1 N–H and O–H groups in total. The maximum Gasteiger partial charge on any atom is 0.330 e. The zero-order chi connectivity index (χ0) is 13.1. The summed E-state index contributed by atoms with van der Waals surface area (Å²) in [7, 11) is -4.29. The molecule has 0 unspecified atom stereocenters. The fourth-order valence-corrected chi connectivity index (χ4v) is 0.933. The van der Waals surface area contributed by atoms with E-state index in [1.54, 1.807) is 0 Å². The van der Waals surface area contributed by atoms with E-state index in [0.717, 1.165) is 6.08 Å². The second-order valence-corrected chi connectivity index (χ2v) is 4.23. The van der Waals surface area contributed by atoms with Crippen molar-refractivity contribution < 1.29 is 27.5 Å². The third kappa shape index (κ3) is 12.2. The molecule has 0 aliphatic rings. The molecule has 0 aromatic carbocycles. The fraction of sp³-hybridized carbons (Fsp3) is 0.200. The lowest BCUT2D eigenvalue weighted by Crippen LogP contribution is -2.13. The Morgan fingerprint density at radius 1 is 1.35 bits per heavy atom. The molecular weight excluding hydrogens is 246 g/mol. The van der Waals surface area contributed by atoms with Crippen LogP contribution in [0.4, 0.5) is 0 Å². The van der Waals surface area contributed by atoms with Gasteiger partial charge in [-0.15, -0.1) is 0 Å². The van der Waals surface area contributed by atoms with E-state index in [1.807, 2.05) is 30.6 Å². The first kappa shape index (κ1) is 15.3. The van der Waals surface area contributed by atoms with Crippen LogP contribution < -0.4 is 4.98 Å². The summed E-state index contributed by atoms with van der Waals surface area (Å²) in [6.07, 6.45) is 4.64. The molecule has 0 saturated heterocycles. The average molecular weight is 259 g/mol. The average Bonchev–Trinajstić information content (AvgIpc) is 2.30. The molecule has 0 saturated carbocycles. The van der Waals surface area contributed by atoms with Crippen LogP contribution in [0, 0.1) is 0 Å². The van der Waals surface area contributed by atoms with E-state index < -0.39 is 28.4 Å². The summed E-state index contributed by atoms with van der Waals surface area (Å²) in [6, 6.07) is 5.86. The van der Waals surface area contributed by atoms with E-state index in [1.165, 1.54) is 0 Å². The van der Waals surface area contributed by atoms with Crippen molar-refractivity contribution in [2.24, 2.45) is 0 Å². The van der Waals surface area contributed by atoms with Gasteiger partial charge < -0.3 is 9.29 Å². The Morgan fingerprint density at radius 3 is 2.24 bits per heavy atom. The number of aromatic amines is 1. The van der Waals surface area contributed by atoms with Crippen molar-refractivity contribution >= 4 is 16.1 Å². The lowest BCUT2D eigenvalue weighted by atomic mass is 10.5. The SMILES string of the molecule is C=CC(=O)OCCS(=O)(=O)[O-].c1cc[nH+]cc1. The molecule has 0 radical (unpaired) electrons. The number of pyridine rings is 1. The standard InChI is InChI=1S/C5H5N.C5H8O5S/c1-2-4-6-5-3-1;1-2-5(6)10-3-4-11(7,8)9/h1-5H;2H,1,3-4H2,(H,7,8,9). The summed E-state index contributed by atoms with van der Waals surface area (Å²) < 4.78 is 34.0. The molecular formula is C10H13NO5S. The van der Waals surface area contributed by atoms with Crippen LogP contribution in [-0.2, 0) is 19.6 Å². The van der Waals surface area contributed by atoms with Crippen LogP contribution in [0.25, 0.3) is 0 Å². The molecule has 1 aromatic rings. The number of nitrogens with one attached hydrogen (secondary N) is 1. The van der Waals surface area contributed by atoms with Crippen LogP contribution in [0.5, 0.6) is 0 Å².